The number of aromatic hydroxyl groups is 1. The predicted molar refractivity (Wildman–Crippen MR) is 83.7 cm³/mol. The average molecular weight is 288 g/mol. The highest BCUT2D eigenvalue weighted by Gasteiger charge is 2.30. The van der Waals surface area contributed by atoms with Crippen molar-refractivity contribution in [3.05, 3.63) is 58.6 Å². The molecule has 104 valence electrons. The van der Waals surface area contributed by atoms with E-state index in [2.05, 4.69) is 17.4 Å². The molecule has 1 fully saturated rings. The van der Waals surface area contributed by atoms with Crippen LogP contribution in [0, 0.1) is 6.92 Å². The molecule has 0 aliphatic heterocycles. The van der Waals surface area contributed by atoms with Crippen LogP contribution in [-0.2, 0) is 0 Å². The molecule has 2 aromatic carbocycles. The summed E-state index contributed by atoms with van der Waals surface area (Å²) in [6.07, 6.45) is 2.25. The summed E-state index contributed by atoms with van der Waals surface area (Å²) in [7, 11) is 0. The number of halogens is 1. The van der Waals surface area contributed by atoms with E-state index in [0.717, 1.165) is 29.1 Å². The standard InChI is InChI=1S/C17H18ClNO/c1-11-7-15(5-6-17(11)20)19-16-9-13(10-16)12-3-2-4-14(18)8-12/h2-8,13,16,19-20H,9-10H2,1H3. The van der Waals surface area contributed by atoms with Gasteiger partial charge in [0.2, 0.25) is 0 Å². The highest BCUT2D eigenvalue weighted by atomic mass is 35.5. The number of phenolic OH excluding ortho intramolecular Hbond substituents is 1. The van der Waals surface area contributed by atoms with Crippen LogP contribution in [0.3, 0.4) is 0 Å². The second kappa shape index (κ2) is 5.37. The highest BCUT2D eigenvalue weighted by molar-refractivity contribution is 6.30. The third-order valence-electron chi connectivity index (χ3n) is 4.03. The fourth-order valence-corrected chi connectivity index (χ4v) is 2.95. The Labute approximate surface area is 124 Å². The molecule has 1 aliphatic rings. The Balaban J connectivity index is 1.59. The van der Waals surface area contributed by atoms with Crippen LogP contribution in [-0.4, -0.2) is 11.1 Å². The van der Waals surface area contributed by atoms with E-state index in [1.807, 2.05) is 31.2 Å². The smallest absolute Gasteiger partial charge is 0.118 e. The van der Waals surface area contributed by atoms with Gasteiger partial charge in [-0.25, -0.2) is 0 Å². The number of hydrogen-bond donors (Lipinski definition) is 2. The van der Waals surface area contributed by atoms with Gasteiger partial charge in [-0.2, -0.15) is 0 Å². The van der Waals surface area contributed by atoms with Crippen molar-refractivity contribution in [2.75, 3.05) is 5.32 Å². The number of hydrogen-bond acceptors (Lipinski definition) is 2. The average Bonchev–Trinajstić information content (AvgIpc) is 2.37. The summed E-state index contributed by atoms with van der Waals surface area (Å²) in [5, 5.41) is 13.9. The SMILES string of the molecule is Cc1cc(NC2CC(c3cccc(Cl)c3)C2)ccc1O. The molecule has 0 heterocycles. The summed E-state index contributed by atoms with van der Waals surface area (Å²) >= 11 is 6.03. The van der Waals surface area contributed by atoms with Gasteiger partial charge in [-0.05, 0) is 67.1 Å². The third kappa shape index (κ3) is 2.75. The minimum atomic E-state index is 0.348. The molecule has 1 saturated carbocycles. The van der Waals surface area contributed by atoms with Crippen LogP contribution < -0.4 is 5.32 Å². The minimum Gasteiger partial charge on any atom is -0.508 e. The molecule has 3 heteroatoms. The van der Waals surface area contributed by atoms with Gasteiger partial charge in [-0.1, -0.05) is 23.7 Å². The van der Waals surface area contributed by atoms with Gasteiger partial charge >= 0.3 is 0 Å². The van der Waals surface area contributed by atoms with E-state index < -0.39 is 0 Å². The fraction of sp³-hybridized carbons (Fsp3) is 0.294. The summed E-state index contributed by atoms with van der Waals surface area (Å²) in [6.45, 7) is 1.91. The second-order valence-electron chi connectivity index (χ2n) is 5.57. The Morgan fingerprint density at radius 1 is 1.15 bits per heavy atom. The van der Waals surface area contributed by atoms with Gasteiger partial charge in [0.15, 0.2) is 0 Å². The van der Waals surface area contributed by atoms with E-state index in [-0.39, 0.29) is 0 Å². The van der Waals surface area contributed by atoms with Crippen LogP contribution in [0.25, 0.3) is 0 Å². The van der Waals surface area contributed by atoms with Gasteiger partial charge in [0.05, 0.1) is 0 Å². The number of aryl methyl sites for hydroxylation is 1. The van der Waals surface area contributed by atoms with Crippen molar-refractivity contribution >= 4 is 17.3 Å². The molecule has 2 N–H and O–H groups in total. The van der Waals surface area contributed by atoms with Crippen LogP contribution in [0.1, 0.15) is 29.9 Å². The van der Waals surface area contributed by atoms with Gasteiger partial charge in [0.1, 0.15) is 5.75 Å². The van der Waals surface area contributed by atoms with Crippen LogP contribution in [0.4, 0.5) is 5.69 Å². The van der Waals surface area contributed by atoms with E-state index in [1.165, 1.54) is 5.56 Å². The Bertz CT molecular complexity index is 620. The van der Waals surface area contributed by atoms with Gasteiger partial charge in [-0.15, -0.1) is 0 Å². The first-order valence-corrected chi connectivity index (χ1v) is 7.31. The molecule has 20 heavy (non-hydrogen) atoms. The van der Waals surface area contributed by atoms with Crippen molar-refractivity contribution in [3.63, 3.8) is 0 Å². The van der Waals surface area contributed by atoms with E-state index in [4.69, 9.17) is 11.6 Å². The zero-order valence-electron chi connectivity index (χ0n) is 11.4. The first-order chi connectivity index (χ1) is 9.61. The van der Waals surface area contributed by atoms with E-state index in [1.54, 1.807) is 6.07 Å². The lowest BCUT2D eigenvalue weighted by atomic mass is 9.76. The number of benzene rings is 2. The van der Waals surface area contributed by atoms with Crippen molar-refractivity contribution in [2.24, 2.45) is 0 Å². The molecule has 3 rings (SSSR count). The summed E-state index contributed by atoms with van der Waals surface area (Å²) in [4.78, 5) is 0. The molecule has 2 aromatic rings. The first kappa shape index (κ1) is 13.3. The summed E-state index contributed by atoms with van der Waals surface area (Å²) in [5.74, 6) is 0.949. The molecular weight excluding hydrogens is 270 g/mol. The third-order valence-corrected chi connectivity index (χ3v) is 4.26. The first-order valence-electron chi connectivity index (χ1n) is 6.93. The topological polar surface area (TPSA) is 32.3 Å². The van der Waals surface area contributed by atoms with E-state index in [0.29, 0.717) is 17.7 Å². The van der Waals surface area contributed by atoms with Gasteiger partial charge < -0.3 is 10.4 Å². The Hall–Kier alpha value is -1.67. The highest BCUT2D eigenvalue weighted by Crippen LogP contribution is 2.39. The summed E-state index contributed by atoms with van der Waals surface area (Å²) < 4.78 is 0. The Morgan fingerprint density at radius 3 is 2.65 bits per heavy atom. The molecule has 0 radical (unpaired) electrons. The van der Waals surface area contributed by atoms with Gasteiger partial charge in [0, 0.05) is 16.8 Å². The molecule has 2 nitrogen and oxygen atoms in total. The van der Waals surface area contributed by atoms with E-state index in [9.17, 15) is 5.11 Å². The zero-order chi connectivity index (χ0) is 14.1. The lowest BCUT2D eigenvalue weighted by Gasteiger charge is -2.37. The quantitative estimate of drug-likeness (QED) is 0.801. The molecule has 1 aliphatic carbocycles. The van der Waals surface area contributed by atoms with Crippen molar-refractivity contribution in [1.29, 1.82) is 0 Å². The summed E-state index contributed by atoms with van der Waals surface area (Å²) in [5.41, 5.74) is 3.31. The molecule has 0 bridgehead atoms. The van der Waals surface area contributed by atoms with Crippen molar-refractivity contribution in [3.8, 4) is 5.75 Å². The van der Waals surface area contributed by atoms with Crippen molar-refractivity contribution < 1.29 is 5.11 Å². The van der Waals surface area contributed by atoms with Crippen LogP contribution in [0.5, 0.6) is 5.75 Å². The van der Waals surface area contributed by atoms with Gasteiger partial charge in [-0.3, -0.25) is 0 Å². The maximum atomic E-state index is 9.53. The summed E-state index contributed by atoms with van der Waals surface area (Å²) in [6, 6.07) is 14.3. The van der Waals surface area contributed by atoms with Crippen molar-refractivity contribution in [1.82, 2.24) is 0 Å². The molecule has 0 amide bonds. The Morgan fingerprint density at radius 2 is 1.95 bits per heavy atom. The van der Waals surface area contributed by atoms with Crippen molar-refractivity contribution in [2.45, 2.75) is 31.7 Å². The van der Waals surface area contributed by atoms with Crippen LogP contribution in [0.15, 0.2) is 42.5 Å². The Kier molecular flexibility index (Phi) is 3.58. The fourth-order valence-electron chi connectivity index (χ4n) is 2.75. The monoisotopic (exact) mass is 287 g/mol. The lowest BCUT2D eigenvalue weighted by molar-refractivity contribution is 0.374. The maximum Gasteiger partial charge on any atom is 0.118 e. The number of rotatable bonds is 3. The maximum absolute atomic E-state index is 9.53. The minimum absolute atomic E-state index is 0.348. The number of phenols is 1. The van der Waals surface area contributed by atoms with Gasteiger partial charge in [0.25, 0.3) is 0 Å². The molecular formula is C17H18ClNO. The predicted octanol–water partition coefficient (Wildman–Crippen LogP) is 4.71. The van der Waals surface area contributed by atoms with E-state index >= 15 is 0 Å². The molecule has 0 spiro atoms. The number of anilines is 1. The largest absolute Gasteiger partial charge is 0.508 e. The normalized spacial score (nSPS) is 21.3. The number of nitrogens with one attached hydrogen (secondary N) is 1. The lowest BCUT2D eigenvalue weighted by Crippen LogP contribution is -2.33. The zero-order valence-corrected chi connectivity index (χ0v) is 12.2. The second-order valence-corrected chi connectivity index (χ2v) is 6.00. The molecule has 0 saturated heterocycles. The molecule has 0 unspecified atom stereocenters. The van der Waals surface area contributed by atoms with Crippen LogP contribution >= 0.6 is 11.6 Å². The molecule has 0 aromatic heterocycles. The molecule has 0 atom stereocenters. The van der Waals surface area contributed by atoms with Crippen LogP contribution in [0.2, 0.25) is 5.02 Å².